The summed E-state index contributed by atoms with van der Waals surface area (Å²) in [5.41, 5.74) is 19.7. The van der Waals surface area contributed by atoms with E-state index < -0.39 is 0 Å². The van der Waals surface area contributed by atoms with E-state index in [1.807, 2.05) is 11.3 Å². The van der Waals surface area contributed by atoms with E-state index in [1.54, 1.807) is 0 Å². The highest BCUT2D eigenvalue weighted by atomic mass is 35.5. The van der Waals surface area contributed by atoms with Crippen LogP contribution in [0.15, 0.2) is 115 Å². The van der Waals surface area contributed by atoms with Gasteiger partial charge in [0.1, 0.15) is 0 Å². The van der Waals surface area contributed by atoms with Crippen LogP contribution < -0.4 is 9.80 Å². The van der Waals surface area contributed by atoms with Gasteiger partial charge >= 0.3 is 0 Å². The number of fused-ring (bicyclic) bond motifs is 3. The topological polar surface area (TPSA) is 6.48 Å². The minimum Gasteiger partial charge on any atom is -0.308 e. The Morgan fingerprint density at radius 3 is 1.35 bits per heavy atom. The number of hydrogen-bond acceptors (Lipinski definition) is 3. The zero-order valence-corrected chi connectivity index (χ0v) is 50.6. The molecule has 0 amide bonds. The van der Waals surface area contributed by atoms with Crippen LogP contribution in [0.1, 0.15) is 209 Å². The summed E-state index contributed by atoms with van der Waals surface area (Å²) in [6, 6.07) is 43.1. The van der Waals surface area contributed by atoms with Crippen LogP contribution in [0, 0.1) is 0 Å². The van der Waals surface area contributed by atoms with Crippen molar-refractivity contribution in [1.29, 1.82) is 0 Å². The second kappa shape index (κ2) is 18.2. The van der Waals surface area contributed by atoms with E-state index in [1.165, 1.54) is 72.1 Å². The van der Waals surface area contributed by atoms with E-state index >= 15 is 0 Å². The number of nitrogens with zero attached hydrogens (tertiary/aromatic N) is 2. The van der Waals surface area contributed by atoms with Gasteiger partial charge < -0.3 is 9.80 Å². The minimum atomic E-state index is -0.227. The van der Waals surface area contributed by atoms with Gasteiger partial charge in [-0.3, -0.25) is 0 Å². The normalized spacial score (nSPS) is 17.2. The van der Waals surface area contributed by atoms with Gasteiger partial charge in [0, 0.05) is 32.4 Å². The van der Waals surface area contributed by atoms with Crippen molar-refractivity contribution in [3.63, 3.8) is 0 Å². The Hall–Kier alpha value is -4.83. The van der Waals surface area contributed by atoms with Gasteiger partial charge in [-0.15, -0.1) is 11.3 Å². The highest BCUT2D eigenvalue weighted by molar-refractivity contribution is 7.17. The van der Waals surface area contributed by atoms with E-state index in [9.17, 15) is 0 Å². The smallest absolute Gasteiger partial charge is 0.0887 e. The SMILES string of the molecule is CC(C)(C)c1ccc(N(c2ccc(C(C)(C)C)cc2-c2ccc3c(c2)C(C)(C)CCC3(C)C)c2cc(C(C)(C)C)cc(N(c3ccc4c(c3)C(C)(C)CCC4(C)C)c3csc4ccc(C(C)(C)C)cc34)c2Cl)cc1. The predicted octanol–water partition coefficient (Wildman–Crippen LogP) is 22.0. The van der Waals surface area contributed by atoms with Gasteiger partial charge in [0.05, 0.1) is 27.8 Å². The molecule has 74 heavy (non-hydrogen) atoms. The highest BCUT2D eigenvalue weighted by Gasteiger charge is 2.40. The van der Waals surface area contributed by atoms with E-state index in [4.69, 9.17) is 11.6 Å². The third-order valence-electron chi connectivity index (χ3n) is 17.4. The summed E-state index contributed by atoms with van der Waals surface area (Å²) < 4.78 is 1.27. The van der Waals surface area contributed by atoms with Crippen molar-refractivity contribution in [2.75, 3.05) is 9.80 Å². The lowest BCUT2D eigenvalue weighted by molar-refractivity contribution is 0.332. The van der Waals surface area contributed by atoms with Crippen LogP contribution in [-0.4, -0.2) is 0 Å². The molecule has 2 nitrogen and oxygen atoms in total. The number of rotatable bonds is 7. The van der Waals surface area contributed by atoms with Gasteiger partial charge in [-0.2, -0.15) is 0 Å². The summed E-state index contributed by atoms with van der Waals surface area (Å²) in [4.78, 5) is 5.01. The number of hydrogen-bond donors (Lipinski definition) is 0. The summed E-state index contributed by atoms with van der Waals surface area (Å²) in [5, 5.41) is 4.32. The summed E-state index contributed by atoms with van der Waals surface area (Å²) >= 11 is 10.3. The van der Waals surface area contributed by atoms with Crippen molar-refractivity contribution in [1.82, 2.24) is 0 Å². The van der Waals surface area contributed by atoms with Crippen LogP contribution in [-0.2, 0) is 43.3 Å². The molecule has 2 aliphatic carbocycles. The molecule has 1 aromatic heterocycles. The van der Waals surface area contributed by atoms with Gasteiger partial charge in [-0.25, -0.2) is 0 Å². The Labute approximate surface area is 457 Å². The molecule has 0 radical (unpaired) electrons. The fourth-order valence-electron chi connectivity index (χ4n) is 11.8. The third kappa shape index (κ3) is 9.92. The summed E-state index contributed by atoms with van der Waals surface area (Å²) in [6.07, 6.45) is 4.63. The molecule has 4 heteroatoms. The Morgan fingerprint density at radius 2 is 0.824 bits per heavy atom. The van der Waals surface area contributed by atoms with Gasteiger partial charge in [-0.1, -0.05) is 199 Å². The van der Waals surface area contributed by atoms with Gasteiger partial charge in [-0.05, 0) is 180 Å². The van der Waals surface area contributed by atoms with Crippen LogP contribution in [0.5, 0.6) is 0 Å². The van der Waals surface area contributed by atoms with Crippen LogP contribution in [0.3, 0.4) is 0 Å². The first-order valence-corrected chi connectivity index (χ1v) is 28.9. The second-order valence-electron chi connectivity index (χ2n) is 29.1. The van der Waals surface area contributed by atoms with Crippen molar-refractivity contribution >= 4 is 67.1 Å². The van der Waals surface area contributed by atoms with E-state index in [-0.39, 0.29) is 43.3 Å². The average Bonchev–Trinajstić information content (AvgIpc) is 3.72. The second-order valence-corrected chi connectivity index (χ2v) is 30.4. The molecular formula is C70H87ClN2S. The molecule has 7 aromatic rings. The molecule has 0 spiro atoms. The summed E-state index contributed by atoms with van der Waals surface area (Å²) in [6.45, 7) is 47.3. The number of anilines is 6. The van der Waals surface area contributed by atoms with Crippen molar-refractivity contribution < 1.29 is 0 Å². The van der Waals surface area contributed by atoms with Crippen molar-refractivity contribution in [3.05, 3.63) is 164 Å². The van der Waals surface area contributed by atoms with Crippen molar-refractivity contribution in [3.8, 4) is 11.1 Å². The Kier molecular flexibility index (Phi) is 13.2. The molecule has 390 valence electrons. The van der Waals surface area contributed by atoms with E-state index in [0.29, 0.717) is 5.02 Å². The van der Waals surface area contributed by atoms with Gasteiger partial charge in [0.25, 0.3) is 0 Å². The lowest BCUT2D eigenvalue weighted by Crippen LogP contribution is -2.34. The zero-order chi connectivity index (χ0) is 54.1. The first kappa shape index (κ1) is 54.0. The Bertz CT molecular complexity index is 3270. The maximum Gasteiger partial charge on any atom is 0.0887 e. The Morgan fingerprint density at radius 1 is 0.392 bits per heavy atom. The third-order valence-corrected chi connectivity index (χ3v) is 18.7. The maximum atomic E-state index is 8.48. The maximum absolute atomic E-state index is 8.48. The Balaban J connectivity index is 1.39. The lowest BCUT2D eigenvalue weighted by Gasteiger charge is -2.42. The van der Waals surface area contributed by atoms with E-state index in [2.05, 4.69) is 263 Å². The zero-order valence-electron chi connectivity index (χ0n) is 49.0. The average molecular weight is 1020 g/mol. The standard InChI is InChI=1S/C70H87ClN2S/c1-63(2,3)45-22-26-49(27-23-45)72(57-31-24-46(64(4,5)6)38-51(57)44-21-29-53-55(37-44)69(17,18)35-33-67(53,13)14)58-40-48(66(10,11)12)41-59(62(58)71)73(60-43-74-61-32-25-47(39-52(60)61)65(7,8)9)50-28-30-54-56(42-50)70(19,20)36-34-68(54,15)16/h21-32,37-43H,33-36H2,1-20H3. The quantitative estimate of drug-likeness (QED) is 0.157. The molecule has 0 atom stereocenters. The molecule has 0 saturated carbocycles. The van der Waals surface area contributed by atoms with Crippen LogP contribution in [0.25, 0.3) is 21.2 Å². The monoisotopic (exact) mass is 1020 g/mol. The molecule has 0 aliphatic heterocycles. The minimum absolute atomic E-state index is 0.0121. The predicted molar refractivity (Wildman–Crippen MR) is 327 cm³/mol. The summed E-state index contributed by atoms with van der Waals surface area (Å²) in [7, 11) is 0. The number of halogens is 1. The van der Waals surface area contributed by atoms with Gasteiger partial charge in [0.2, 0.25) is 0 Å². The molecule has 1 heterocycles. The molecule has 0 fully saturated rings. The highest BCUT2D eigenvalue weighted by Crippen LogP contribution is 2.55. The molecule has 6 aromatic carbocycles. The molecule has 0 bridgehead atoms. The fraction of sp³-hybridized carbons (Fsp3) is 0.457. The van der Waals surface area contributed by atoms with Crippen molar-refractivity contribution in [2.24, 2.45) is 0 Å². The fourth-order valence-corrected chi connectivity index (χ4v) is 13.0. The van der Waals surface area contributed by atoms with E-state index in [0.717, 1.165) is 53.4 Å². The number of benzene rings is 6. The van der Waals surface area contributed by atoms with Crippen LogP contribution >= 0.6 is 22.9 Å². The number of thiophene rings is 1. The van der Waals surface area contributed by atoms with Gasteiger partial charge in [0.15, 0.2) is 0 Å². The molecule has 0 saturated heterocycles. The molecule has 2 aliphatic rings. The molecular weight excluding hydrogens is 936 g/mol. The van der Waals surface area contributed by atoms with Crippen LogP contribution in [0.2, 0.25) is 5.02 Å². The molecule has 0 unspecified atom stereocenters. The first-order chi connectivity index (χ1) is 34.1. The molecule has 9 rings (SSSR count). The first-order valence-electron chi connectivity index (χ1n) is 27.6. The lowest BCUT2D eigenvalue weighted by atomic mass is 9.63. The van der Waals surface area contributed by atoms with Crippen molar-refractivity contribution in [2.45, 2.75) is 207 Å². The molecule has 0 N–H and O–H groups in total. The largest absolute Gasteiger partial charge is 0.308 e. The van der Waals surface area contributed by atoms with Crippen LogP contribution in [0.4, 0.5) is 34.1 Å². The summed E-state index contributed by atoms with van der Waals surface area (Å²) in [5.74, 6) is 0.